The zero-order chi connectivity index (χ0) is 4.99. The summed E-state index contributed by atoms with van der Waals surface area (Å²) in [6.45, 7) is 1.68. The van der Waals surface area contributed by atoms with Gasteiger partial charge in [-0.2, -0.15) is 0 Å². The molecule has 0 aromatic heterocycles. The van der Waals surface area contributed by atoms with Crippen molar-refractivity contribution in [3.63, 3.8) is 0 Å². The highest BCUT2D eigenvalue weighted by molar-refractivity contribution is 7.09. The van der Waals surface area contributed by atoms with E-state index in [0.717, 1.165) is 0 Å². The van der Waals surface area contributed by atoms with Crippen molar-refractivity contribution in [2.45, 2.75) is 6.92 Å². The van der Waals surface area contributed by atoms with Crippen LogP contribution in [0.4, 0.5) is 0 Å². The van der Waals surface area contributed by atoms with Crippen LogP contribution in [0.25, 0.3) is 0 Å². The molecule has 0 amide bonds. The van der Waals surface area contributed by atoms with Crippen LogP contribution in [0.3, 0.4) is 0 Å². The second-order valence-corrected chi connectivity index (χ2v) is 1.35. The maximum Gasteiger partial charge on any atom is 0.155 e. The number of rotatable bonds is 2. The molecule has 0 saturated heterocycles. The quantitative estimate of drug-likeness (QED) is 0.476. The lowest BCUT2D eigenvalue weighted by atomic mass is 10.5. The first-order valence-corrected chi connectivity index (χ1v) is 2.05. The van der Waals surface area contributed by atoms with Crippen LogP contribution in [-0.4, -0.2) is 12.4 Å². The summed E-state index contributed by atoms with van der Waals surface area (Å²) in [5, 5.41) is 0. The van der Waals surface area contributed by atoms with E-state index in [-0.39, 0.29) is 12.4 Å². The molecule has 0 radical (unpaired) electrons. The molecule has 3 heteroatoms. The standard InChI is InChI=1S/C3H7O2P/c1-3(4)2-5-6/h2,6H2,1H3. The summed E-state index contributed by atoms with van der Waals surface area (Å²) in [5.41, 5.74) is 0. The van der Waals surface area contributed by atoms with Gasteiger partial charge in [0.15, 0.2) is 5.78 Å². The molecule has 0 aliphatic carbocycles. The van der Waals surface area contributed by atoms with E-state index in [9.17, 15) is 4.79 Å². The van der Waals surface area contributed by atoms with E-state index < -0.39 is 0 Å². The Balaban J connectivity index is 2.83. The molecule has 0 aromatic rings. The van der Waals surface area contributed by atoms with E-state index in [1.54, 1.807) is 0 Å². The molecule has 0 N–H and O–H groups in total. The molecule has 0 aliphatic rings. The van der Waals surface area contributed by atoms with Gasteiger partial charge in [0.1, 0.15) is 6.61 Å². The normalized spacial score (nSPS) is 8.33. The number of carbonyl (C=O) groups is 1. The molecule has 0 spiro atoms. The summed E-state index contributed by atoms with van der Waals surface area (Å²) in [4.78, 5) is 9.91. The average Bonchev–Trinajstić information content (AvgIpc) is 1.35. The van der Waals surface area contributed by atoms with Gasteiger partial charge >= 0.3 is 0 Å². The lowest BCUT2D eigenvalue weighted by Gasteiger charge is -1.84. The Hall–Kier alpha value is 0.0600. The monoisotopic (exact) mass is 106 g/mol. The minimum absolute atomic E-state index is 0.0463. The Morgan fingerprint density at radius 2 is 2.50 bits per heavy atom. The van der Waals surface area contributed by atoms with Crippen molar-refractivity contribution in [1.29, 1.82) is 0 Å². The molecule has 0 aromatic carbocycles. The van der Waals surface area contributed by atoms with Crippen LogP contribution in [0, 0.1) is 0 Å². The summed E-state index contributed by atoms with van der Waals surface area (Å²) in [5.74, 6) is 0.0463. The first kappa shape index (κ1) is 6.06. The first-order chi connectivity index (χ1) is 2.77. The molecule has 1 atom stereocenters. The molecule has 6 heavy (non-hydrogen) atoms. The van der Waals surface area contributed by atoms with Crippen LogP contribution in [0.2, 0.25) is 0 Å². The molecule has 2 nitrogen and oxygen atoms in total. The van der Waals surface area contributed by atoms with Crippen LogP contribution in [0.5, 0.6) is 0 Å². The molecule has 0 heterocycles. The van der Waals surface area contributed by atoms with E-state index in [0.29, 0.717) is 0 Å². The predicted molar refractivity (Wildman–Crippen MR) is 26.3 cm³/mol. The van der Waals surface area contributed by atoms with Gasteiger partial charge in [-0.1, -0.05) is 0 Å². The number of hydrogen-bond donors (Lipinski definition) is 0. The first-order valence-electron chi connectivity index (χ1n) is 1.58. The largest absolute Gasteiger partial charge is 0.358 e. The molecule has 0 saturated carbocycles. The second-order valence-electron chi connectivity index (χ2n) is 1.01. The summed E-state index contributed by atoms with van der Waals surface area (Å²) in [6, 6.07) is 0. The highest BCUT2D eigenvalue weighted by Gasteiger charge is 1.83. The molecule has 0 rings (SSSR count). The smallest absolute Gasteiger partial charge is 0.155 e. The Morgan fingerprint density at radius 1 is 2.00 bits per heavy atom. The van der Waals surface area contributed by atoms with E-state index in [1.165, 1.54) is 6.92 Å². The molecular formula is C3H7O2P. The van der Waals surface area contributed by atoms with Crippen LogP contribution >= 0.6 is 9.47 Å². The van der Waals surface area contributed by atoms with Gasteiger partial charge in [0.05, 0.1) is 0 Å². The zero-order valence-corrected chi connectivity index (χ0v) is 4.76. The SMILES string of the molecule is CC(=O)COP. The van der Waals surface area contributed by atoms with Crippen molar-refractivity contribution in [2.75, 3.05) is 6.61 Å². The Morgan fingerprint density at radius 3 is 2.50 bits per heavy atom. The molecule has 0 aliphatic heterocycles. The molecule has 1 unspecified atom stereocenters. The van der Waals surface area contributed by atoms with Gasteiger partial charge in [0.2, 0.25) is 0 Å². The highest BCUT2D eigenvalue weighted by atomic mass is 31.0. The van der Waals surface area contributed by atoms with Gasteiger partial charge in [0.25, 0.3) is 0 Å². The van der Waals surface area contributed by atoms with E-state index >= 15 is 0 Å². The van der Waals surface area contributed by atoms with Crippen LogP contribution in [-0.2, 0) is 9.32 Å². The second kappa shape index (κ2) is 3.26. The van der Waals surface area contributed by atoms with Crippen molar-refractivity contribution in [2.24, 2.45) is 0 Å². The van der Waals surface area contributed by atoms with Gasteiger partial charge in [-0.3, -0.25) is 4.79 Å². The molecule has 0 fully saturated rings. The highest BCUT2D eigenvalue weighted by Crippen LogP contribution is 1.81. The molecule has 36 valence electrons. The Kier molecular flexibility index (Phi) is 3.29. The maximum atomic E-state index is 9.91. The van der Waals surface area contributed by atoms with Crippen molar-refractivity contribution >= 4 is 15.2 Å². The van der Waals surface area contributed by atoms with Gasteiger partial charge in [-0.05, 0) is 6.92 Å². The maximum absolute atomic E-state index is 9.91. The summed E-state index contributed by atoms with van der Waals surface area (Å²) in [7, 11) is 2.00. The fourth-order valence-electron chi connectivity index (χ4n) is 0.117. The third-order valence-electron chi connectivity index (χ3n) is 0.287. The number of carbonyl (C=O) groups excluding carboxylic acids is 1. The van der Waals surface area contributed by atoms with Crippen molar-refractivity contribution in [1.82, 2.24) is 0 Å². The van der Waals surface area contributed by atoms with E-state index in [1.807, 2.05) is 9.47 Å². The number of Topliss-reactive ketones (excluding diaryl/α,β-unsaturated/α-hetero) is 1. The third kappa shape index (κ3) is 4.06. The van der Waals surface area contributed by atoms with Crippen LogP contribution in [0.15, 0.2) is 0 Å². The van der Waals surface area contributed by atoms with Gasteiger partial charge in [-0.15, -0.1) is 0 Å². The summed E-state index contributed by atoms with van der Waals surface area (Å²) in [6.07, 6.45) is 0. The van der Waals surface area contributed by atoms with Crippen molar-refractivity contribution in [3.05, 3.63) is 0 Å². The minimum atomic E-state index is 0.0463. The summed E-state index contributed by atoms with van der Waals surface area (Å²) < 4.78 is 4.37. The van der Waals surface area contributed by atoms with Gasteiger partial charge in [-0.25, -0.2) is 0 Å². The minimum Gasteiger partial charge on any atom is -0.358 e. The van der Waals surface area contributed by atoms with Crippen LogP contribution in [0.1, 0.15) is 6.92 Å². The lowest BCUT2D eigenvalue weighted by Crippen LogP contribution is -1.95. The fraction of sp³-hybridized carbons (Fsp3) is 0.667. The van der Waals surface area contributed by atoms with Crippen LogP contribution < -0.4 is 0 Å². The van der Waals surface area contributed by atoms with E-state index in [2.05, 4.69) is 4.52 Å². The number of ketones is 1. The molecule has 0 bridgehead atoms. The average molecular weight is 106 g/mol. The topological polar surface area (TPSA) is 26.3 Å². The summed E-state index contributed by atoms with van der Waals surface area (Å²) >= 11 is 0. The van der Waals surface area contributed by atoms with Gasteiger partial charge in [0, 0.05) is 9.47 Å². The third-order valence-corrected chi connectivity index (χ3v) is 0.453. The van der Waals surface area contributed by atoms with Crippen molar-refractivity contribution < 1.29 is 9.32 Å². The zero-order valence-electron chi connectivity index (χ0n) is 3.60. The predicted octanol–water partition coefficient (Wildman–Crippen LogP) is 0.382. The Labute approximate surface area is 39.2 Å². The van der Waals surface area contributed by atoms with Gasteiger partial charge < -0.3 is 4.52 Å². The molecular weight excluding hydrogens is 99.0 g/mol. The lowest BCUT2D eigenvalue weighted by molar-refractivity contribution is -0.118. The van der Waals surface area contributed by atoms with E-state index in [4.69, 9.17) is 0 Å². The fourth-order valence-corrected chi connectivity index (χ4v) is 0.352. The number of hydrogen-bond acceptors (Lipinski definition) is 2. The van der Waals surface area contributed by atoms with Crippen molar-refractivity contribution in [3.8, 4) is 0 Å². The Bertz CT molecular complexity index is 52.8.